The van der Waals surface area contributed by atoms with Crippen LogP contribution in [-0.2, 0) is 10.0 Å². The third kappa shape index (κ3) is 3.42. The molecule has 0 spiro atoms. The molecule has 0 radical (unpaired) electrons. The fraction of sp³-hybridized carbons (Fsp3) is 0.333. The minimum absolute atomic E-state index is 0.0340. The number of aliphatic hydroxyl groups excluding tert-OH is 1. The van der Waals surface area contributed by atoms with Gasteiger partial charge in [0.15, 0.2) is 11.6 Å². The molecule has 0 saturated heterocycles. The highest BCUT2D eigenvalue weighted by Gasteiger charge is 2.14. The fourth-order valence-electron chi connectivity index (χ4n) is 1.06. The van der Waals surface area contributed by atoms with Gasteiger partial charge in [0, 0.05) is 6.61 Å². The Morgan fingerprint density at radius 2 is 2.00 bits per heavy atom. The van der Waals surface area contributed by atoms with Crippen LogP contribution in [0.2, 0.25) is 0 Å². The average molecular weight is 251 g/mol. The number of rotatable bonds is 5. The van der Waals surface area contributed by atoms with E-state index >= 15 is 0 Å². The second-order valence-corrected chi connectivity index (χ2v) is 4.94. The van der Waals surface area contributed by atoms with E-state index in [-0.39, 0.29) is 18.8 Å². The Balaban J connectivity index is 2.84. The zero-order valence-corrected chi connectivity index (χ0v) is 9.10. The molecule has 4 nitrogen and oxygen atoms in total. The fourth-order valence-corrected chi connectivity index (χ4v) is 2.16. The number of halogens is 2. The zero-order valence-electron chi connectivity index (χ0n) is 8.28. The lowest BCUT2D eigenvalue weighted by Gasteiger charge is -2.08. The molecule has 0 saturated carbocycles. The first-order valence-corrected chi connectivity index (χ1v) is 6.17. The maximum Gasteiger partial charge on any atom is 0.232 e. The number of aliphatic hydroxyl groups is 1. The van der Waals surface area contributed by atoms with Crippen LogP contribution in [0.5, 0.6) is 0 Å². The van der Waals surface area contributed by atoms with Crippen molar-refractivity contribution in [2.24, 2.45) is 0 Å². The highest BCUT2D eigenvalue weighted by molar-refractivity contribution is 7.92. The quantitative estimate of drug-likeness (QED) is 0.823. The Kier molecular flexibility index (Phi) is 4.19. The smallest absolute Gasteiger partial charge is 0.232 e. The molecular formula is C9H11F2NO3S. The van der Waals surface area contributed by atoms with Crippen molar-refractivity contribution in [1.82, 2.24) is 0 Å². The van der Waals surface area contributed by atoms with Crippen LogP contribution >= 0.6 is 0 Å². The highest BCUT2D eigenvalue weighted by Crippen LogP contribution is 2.17. The molecule has 0 bridgehead atoms. The molecular weight excluding hydrogens is 240 g/mol. The number of benzene rings is 1. The number of hydrogen-bond donors (Lipinski definition) is 2. The molecule has 1 aromatic rings. The molecule has 0 atom stereocenters. The van der Waals surface area contributed by atoms with Gasteiger partial charge in [0.05, 0.1) is 11.4 Å². The van der Waals surface area contributed by atoms with E-state index in [1.807, 2.05) is 4.72 Å². The molecule has 2 N–H and O–H groups in total. The van der Waals surface area contributed by atoms with Gasteiger partial charge in [-0.15, -0.1) is 0 Å². The number of nitrogens with one attached hydrogen (secondary N) is 1. The monoisotopic (exact) mass is 251 g/mol. The minimum Gasteiger partial charge on any atom is -0.396 e. The third-order valence-electron chi connectivity index (χ3n) is 1.79. The van der Waals surface area contributed by atoms with Crippen molar-refractivity contribution in [3.05, 3.63) is 29.8 Å². The van der Waals surface area contributed by atoms with Gasteiger partial charge in [-0.05, 0) is 18.6 Å². The van der Waals surface area contributed by atoms with Crippen LogP contribution in [0.25, 0.3) is 0 Å². The summed E-state index contributed by atoms with van der Waals surface area (Å²) in [6.07, 6.45) is 0.0340. The lowest BCUT2D eigenvalue weighted by atomic mass is 10.3. The Bertz CT molecular complexity index is 462. The van der Waals surface area contributed by atoms with Crippen LogP contribution in [0.15, 0.2) is 18.2 Å². The zero-order chi connectivity index (χ0) is 12.2. The van der Waals surface area contributed by atoms with Crippen molar-refractivity contribution in [2.75, 3.05) is 17.1 Å². The summed E-state index contributed by atoms with van der Waals surface area (Å²) in [5, 5.41) is 8.47. The van der Waals surface area contributed by atoms with E-state index in [0.717, 1.165) is 12.1 Å². The van der Waals surface area contributed by atoms with Gasteiger partial charge >= 0.3 is 0 Å². The van der Waals surface area contributed by atoms with Crippen LogP contribution in [-0.4, -0.2) is 25.9 Å². The van der Waals surface area contributed by atoms with Gasteiger partial charge in [0.1, 0.15) is 0 Å². The van der Waals surface area contributed by atoms with E-state index < -0.39 is 27.3 Å². The molecule has 1 rings (SSSR count). The summed E-state index contributed by atoms with van der Waals surface area (Å²) in [4.78, 5) is 0. The molecule has 0 unspecified atom stereocenters. The molecule has 0 amide bonds. The minimum atomic E-state index is -3.75. The lowest BCUT2D eigenvalue weighted by Crippen LogP contribution is -2.18. The molecule has 90 valence electrons. The SMILES string of the molecule is O=S(=O)(CCCO)Nc1cccc(F)c1F. The van der Waals surface area contributed by atoms with Crippen LogP contribution in [0.1, 0.15) is 6.42 Å². The molecule has 0 heterocycles. The number of anilines is 1. The highest BCUT2D eigenvalue weighted by atomic mass is 32.2. The van der Waals surface area contributed by atoms with Crippen molar-refractivity contribution < 1.29 is 22.3 Å². The van der Waals surface area contributed by atoms with E-state index in [2.05, 4.69) is 0 Å². The van der Waals surface area contributed by atoms with Crippen LogP contribution < -0.4 is 4.72 Å². The summed E-state index contributed by atoms with van der Waals surface area (Å²) < 4.78 is 50.4. The molecule has 16 heavy (non-hydrogen) atoms. The second-order valence-electron chi connectivity index (χ2n) is 3.10. The van der Waals surface area contributed by atoms with E-state index in [9.17, 15) is 17.2 Å². The van der Waals surface area contributed by atoms with E-state index in [1.165, 1.54) is 6.07 Å². The lowest BCUT2D eigenvalue weighted by molar-refractivity contribution is 0.295. The van der Waals surface area contributed by atoms with Gasteiger partial charge in [0.25, 0.3) is 0 Å². The Labute approximate surface area is 92.0 Å². The molecule has 7 heteroatoms. The van der Waals surface area contributed by atoms with Crippen LogP contribution in [0.4, 0.5) is 14.5 Å². The topological polar surface area (TPSA) is 66.4 Å². The maximum atomic E-state index is 13.1. The molecule has 1 aromatic carbocycles. The largest absolute Gasteiger partial charge is 0.396 e. The van der Waals surface area contributed by atoms with Crippen molar-refractivity contribution in [2.45, 2.75) is 6.42 Å². The van der Waals surface area contributed by atoms with Gasteiger partial charge in [-0.2, -0.15) is 0 Å². The van der Waals surface area contributed by atoms with Crippen LogP contribution in [0.3, 0.4) is 0 Å². The van der Waals surface area contributed by atoms with Gasteiger partial charge in [-0.1, -0.05) is 6.07 Å². The summed E-state index contributed by atoms with van der Waals surface area (Å²) >= 11 is 0. The summed E-state index contributed by atoms with van der Waals surface area (Å²) in [5.74, 6) is -2.71. The Morgan fingerprint density at radius 3 is 2.62 bits per heavy atom. The normalized spacial score (nSPS) is 11.4. The van der Waals surface area contributed by atoms with Gasteiger partial charge in [-0.25, -0.2) is 17.2 Å². The van der Waals surface area contributed by atoms with Crippen molar-refractivity contribution in [3.63, 3.8) is 0 Å². The maximum absolute atomic E-state index is 13.1. The number of hydrogen-bond acceptors (Lipinski definition) is 3. The third-order valence-corrected chi connectivity index (χ3v) is 3.15. The Morgan fingerprint density at radius 1 is 1.31 bits per heavy atom. The van der Waals surface area contributed by atoms with Gasteiger partial charge < -0.3 is 5.11 Å². The molecule has 0 aliphatic heterocycles. The molecule has 0 aliphatic rings. The standard InChI is InChI=1S/C9H11F2NO3S/c10-7-3-1-4-8(9(7)11)12-16(14,15)6-2-5-13/h1,3-4,12-13H,2,5-6H2. The molecule has 0 fully saturated rings. The predicted molar refractivity (Wildman–Crippen MR) is 55.5 cm³/mol. The summed E-state index contributed by atoms with van der Waals surface area (Å²) in [6.45, 7) is -0.285. The molecule has 0 aromatic heterocycles. The summed E-state index contributed by atoms with van der Waals surface area (Å²) in [6, 6.07) is 3.21. The van der Waals surface area contributed by atoms with Crippen molar-refractivity contribution in [3.8, 4) is 0 Å². The number of sulfonamides is 1. The van der Waals surface area contributed by atoms with Crippen molar-refractivity contribution in [1.29, 1.82) is 0 Å². The average Bonchev–Trinajstić information content (AvgIpc) is 2.22. The first kappa shape index (κ1) is 12.9. The van der Waals surface area contributed by atoms with Crippen molar-refractivity contribution >= 4 is 15.7 Å². The predicted octanol–water partition coefficient (Wildman–Crippen LogP) is 1.09. The summed E-state index contributed by atoms with van der Waals surface area (Å²) in [7, 11) is -3.75. The Hall–Kier alpha value is -1.21. The first-order chi connectivity index (χ1) is 7.46. The van der Waals surface area contributed by atoms with Gasteiger partial charge in [0.2, 0.25) is 10.0 Å². The van der Waals surface area contributed by atoms with Gasteiger partial charge in [-0.3, -0.25) is 4.72 Å². The molecule has 0 aliphatic carbocycles. The van der Waals surface area contributed by atoms with E-state index in [1.54, 1.807) is 0 Å². The van der Waals surface area contributed by atoms with E-state index in [0.29, 0.717) is 0 Å². The van der Waals surface area contributed by atoms with E-state index in [4.69, 9.17) is 5.11 Å². The first-order valence-electron chi connectivity index (χ1n) is 4.51. The second kappa shape index (κ2) is 5.22. The summed E-state index contributed by atoms with van der Waals surface area (Å²) in [5.41, 5.74) is -0.432. The van der Waals surface area contributed by atoms with Crippen LogP contribution in [0, 0.1) is 11.6 Å².